The lowest BCUT2D eigenvalue weighted by molar-refractivity contribution is -0.125. The third-order valence-electron chi connectivity index (χ3n) is 3.90. The minimum atomic E-state index is -0.854. The van der Waals surface area contributed by atoms with E-state index in [2.05, 4.69) is 0 Å². The maximum absolute atomic E-state index is 12.6. The van der Waals surface area contributed by atoms with E-state index in [1.807, 2.05) is 19.9 Å². The van der Waals surface area contributed by atoms with Crippen LogP contribution in [0.4, 0.5) is 5.69 Å². The molecule has 6 heteroatoms. The lowest BCUT2D eigenvalue weighted by Crippen LogP contribution is -2.54. The summed E-state index contributed by atoms with van der Waals surface area (Å²) < 4.78 is 5.53. The Morgan fingerprint density at radius 2 is 2.10 bits per heavy atom. The maximum atomic E-state index is 12.6. The number of para-hydroxylation sites is 2. The first kappa shape index (κ1) is 15.3. The molecular weight excluding hydrogens is 270 g/mol. The molecule has 6 nitrogen and oxygen atoms in total. The Morgan fingerprint density at radius 1 is 1.43 bits per heavy atom. The standard InChI is InChI=1S/C15H21N3O3/c1-3-9(2)13(16)15(20)18-8-12(14(17)19)21-11-7-5-4-6-10(11)18/h4-7,9,12-13H,3,8,16H2,1-2H3,(H2,17,19)/t9?,12?,13-/m0/s1. The second kappa shape index (κ2) is 6.13. The number of ether oxygens (including phenoxy) is 1. The maximum Gasteiger partial charge on any atom is 0.260 e. The average Bonchev–Trinajstić information content (AvgIpc) is 2.51. The molecule has 1 aromatic rings. The molecule has 0 aromatic heterocycles. The summed E-state index contributed by atoms with van der Waals surface area (Å²) in [6, 6.07) is 6.45. The first-order valence-electron chi connectivity index (χ1n) is 7.07. The van der Waals surface area contributed by atoms with E-state index in [0.717, 1.165) is 6.42 Å². The summed E-state index contributed by atoms with van der Waals surface area (Å²) in [5.41, 5.74) is 12.0. The molecule has 0 fully saturated rings. The number of nitrogens with zero attached hydrogens (tertiary/aromatic N) is 1. The Labute approximate surface area is 124 Å². The Hall–Kier alpha value is -2.08. The molecule has 2 rings (SSSR count). The predicted octanol–water partition coefficient (Wildman–Crippen LogP) is 0.639. The van der Waals surface area contributed by atoms with Crippen molar-refractivity contribution in [2.45, 2.75) is 32.4 Å². The molecule has 1 aromatic carbocycles. The van der Waals surface area contributed by atoms with Crippen LogP contribution >= 0.6 is 0 Å². The van der Waals surface area contributed by atoms with Crippen LogP contribution in [-0.2, 0) is 9.59 Å². The third-order valence-corrected chi connectivity index (χ3v) is 3.90. The van der Waals surface area contributed by atoms with Gasteiger partial charge in [-0.1, -0.05) is 32.4 Å². The Morgan fingerprint density at radius 3 is 2.71 bits per heavy atom. The quantitative estimate of drug-likeness (QED) is 0.850. The minimum absolute atomic E-state index is 0.0551. The molecule has 0 saturated heterocycles. The van der Waals surface area contributed by atoms with Gasteiger partial charge in [0.15, 0.2) is 6.10 Å². The van der Waals surface area contributed by atoms with Crippen molar-refractivity contribution < 1.29 is 14.3 Å². The van der Waals surface area contributed by atoms with Crippen molar-refractivity contribution in [2.75, 3.05) is 11.4 Å². The van der Waals surface area contributed by atoms with E-state index < -0.39 is 18.1 Å². The van der Waals surface area contributed by atoms with Crippen LogP contribution in [0.3, 0.4) is 0 Å². The molecule has 1 aliphatic heterocycles. The minimum Gasteiger partial charge on any atom is -0.477 e. The van der Waals surface area contributed by atoms with E-state index in [0.29, 0.717) is 11.4 Å². The van der Waals surface area contributed by atoms with Gasteiger partial charge in [-0.2, -0.15) is 0 Å². The van der Waals surface area contributed by atoms with E-state index in [9.17, 15) is 9.59 Å². The molecule has 2 amide bonds. The molecule has 0 saturated carbocycles. The van der Waals surface area contributed by atoms with Gasteiger partial charge in [0.1, 0.15) is 5.75 Å². The molecule has 1 heterocycles. The fourth-order valence-electron chi connectivity index (χ4n) is 2.27. The Kier molecular flexibility index (Phi) is 4.47. The van der Waals surface area contributed by atoms with Crippen LogP contribution in [0.15, 0.2) is 24.3 Å². The predicted molar refractivity (Wildman–Crippen MR) is 79.8 cm³/mol. The van der Waals surface area contributed by atoms with Crippen LogP contribution in [0.2, 0.25) is 0 Å². The molecular formula is C15H21N3O3. The van der Waals surface area contributed by atoms with E-state index in [-0.39, 0.29) is 18.4 Å². The van der Waals surface area contributed by atoms with E-state index in [4.69, 9.17) is 16.2 Å². The number of anilines is 1. The van der Waals surface area contributed by atoms with Gasteiger partial charge in [0.05, 0.1) is 18.3 Å². The normalized spacial score (nSPS) is 20.1. The molecule has 0 radical (unpaired) electrons. The van der Waals surface area contributed by atoms with E-state index in [1.54, 1.807) is 18.2 Å². The molecule has 0 spiro atoms. The van der Waals surface area contributed by atoms with Gasteiger partial charge in [0, 0.05) is 0 Å². The summed E-state index contributed by atoms with van der Waals surface area (Å²) >= 11 is 0. The molecule has 0 aliphatic carbocycles. The fourth-order valence-corrected chi connectivity index (χ4v) is 2.27. The monoisotopic (exact) mass is 291 g/mol. The number of hydrogen-bond donors (Lipinski definition) is 2. The summed E-state index contributed by atoms with van der Waals surface area (Å²) in [7, 11) is 0. The molecule has 4 N–H and O–H groups in total. The third kappa shape index (κ3) is 3.00. The number of primary amides is 1. The number of nitrogens with two attached hydrogens (primary N) is 2. The van der Waals surface area contributed by atoms with Gasteiger partial charge in [-0.15, -0.1) is 0 Å². The summed E-state index contributed by atoms with van der Waals surface area (Å²) in [5.74, 6) is -0.289. The fraction of sp³-hybridized carbons (Fsp3) is 0.467. The van der Waals surface area contributed by atoms with Crippen molar-refractivity contribution in [2.24, 2.45) is 17.4 Å². The summed E-state index contributed by atoms with van der Waals surface area (Å²) in [5, 5.41) is 0. The van der Waals surface area contributed by atoms with Gasteiger partial charge in [0.2, 0.25) is 5.91 Å². The molecule has 114 valence electrons. The van der Waals surface area contributed by atoms with Crippen molar-refractivity contribution in [1.82, 2.24) is 0 Å². The van der Waals surface area contributed by atoms with Crippen LogP contribution in [-0.4, -0.2) is 30.5 Å². The van der Waals surface area contributed by atoms with Crippen LogP contribution < -0.4 is 21.1 Å². The van der Waals surface area contributed by atoms with Crippen molar-refractivity contribution in [1.29, 1.82) is 0 Å². The van der Waals surface area contributed by atoms with Crippen LogP contribution in [0.1, 0.15) is 20.3 Å². The number of amides is 2. The lowest BCUT2D eigenvalue weighted by atomic mass is 9.98. The first-order valence-corrected chi connectivity index (χ1v) is 7.07. The summed E-state index contributed by atoms with van der Waals surface area (Å²) in [4.78, 5) is 25.5. The highest BCUT2D eigenvalue weighted by atomic mass is 16.5. The van der Waals surface area contributed by atoms with Gasteiger partial charge in [0.25, 0.3) is 5.91 Å². The van der Waals surface area contributed by atoms with E-state index >= 15 is 0 Å². The van der Waals surface area contributed by atoms with E-state index in [1.165, 1.54) is 4.90 Å². The molecule has 2 unspecified atom stereocenters. The number of carbonyl (C=O) groups is 2. The second-order valence-corrected chi connectivity index (χ2v) is 5.34. The van der Waals surface area contributed by atoms with Crippen molar-refractivity contribution >= 4 is 17.5 Å². The smallest absolute Gasteiger partial charge is 0.260 e. The molecule has 3 atom stereocenters. The summed E-state index contributed by atoms with van der Waals surface area (Å²) in [6.07, 6.45) is -0.0500. The highest BCUT2D eigenvalue weighted by molar-refractivity contribution is 6.00. The SMILES string of the molecule is CCC(C)[C@H](N)C(=O)N1CC(C(N)=O)Oc2ccccc21. The number of benzene rings is 1. The van der Waals surface area contributed by atoms with Crippen LogP contribution in [0, 0.1) is 5.92 Å². The zero-order valence-corrected chi connectivity index (χ0v) is 12.3. The van der Waals surface area contributed by atoms with Gasteiger partial charge < -0.3 is 21.1 Å². The molecule has 0 bridgehead atoms. The number of rotatable bonds is 4. The van der Waals surface area contributed by atoms with Gasteiger partial charge >= 0.3 is 0 Å². The highest BCUT2D eigenvalue weighted by Gasteiger charge is 2.35. The number of fused-ring (bicyclic) bond motifs is 1. The average molecular weight is 291 g/mol. The largest absolute Gasteiger partial charge is 0.477 e. The van der Waals surface area contributed by atoms with Gasteiger partial charge in [-0.05, 0) is 18.1 Å². The zero-order chi connectivity index (χ0) is 15.6. The topological polar surface area (TPSA) is 98.7 Å². The highest BCUT2D eigenvalue weighted by Crippen LogP contribution is 2.33. The molecule has 21 heavy (non-hydrogen) atoms. The second-order valence-electron chi connectivity index (χ2n) is 5.34. The van der Waals surface area contributed by atoms with Crippen LogP contribution in [0.5, 0.6) is 5.75 Å². The van der Waals surface area contributed by atoms with Crippen LogP contribution in [0.25, 0.3) is 0 Å². The Bertz CT molecular complexity index is 547. The zero-order valence-electron chi connectivity index (χ0n) is 12.3. The Balaban J connectivity index is 2.33. The summed E-state index contributed by atoms with van der Waals surface area (Å²) in [6.45, 7) is 4.01. The van der Waals surface area contributed by atoms with Crippen molar-refractivity contribution in [3.63, 3.8) is 0 Å². The number of carbonyl (C=O) groups excluding carboxylic acids is 2. The van der Waals surface area contributed by atoms with Crippen molar-refractivity contribution in [3.05, 3.63) is 24.3 Å². The lowest BCUT2D eigenvalue weighted by Gasteiger charge is -2.35. The number of hydrogen-bond acceptors (Lipinski definition) is 4. The van der Waals surface area contributed by atoms with Crippen molar-refractivity contribution in [3.8, 4) is 5.75 Å². The first-order chi connectivity index (χ1) is 9.95. The molecule has 1 aliphatic rings. The van der Waals surface area contributed by atoms with Gasteiger partial charge in [-0.3, -0.25) is 9.59 Å². The van der Waals surface area contributed by atoms with Gasteiger partial charge in [-0.25, -0.2) is 0 Å².